The maximum absolute atomic E-state index is 13.0. The van der Waals surface area contributed by atoms with Crippen molar-refractivity contribution in [3.63, 3.8) is 0 Å². The Morgan fingerprint density at radius 3 is 1.34 bits per heavy atom. The van der Waals surface area contributed by atoms with Crippen LogP contribution in [0.15, 0.2) is 36.5 Å². The smallest absolute Gasteiger partial charge is 0.220 e. The fourth-order valence-electron chi connectivity index (χ4n) is 8.78. The van der Waals surface area contributed by atoms with E-state index in [-0.39, 0.29) is 12.5 Å². The molecule has 1 amide bonds. The first-order valence-electron chi connectivity index (χ1n) is 27.7. The summed E-state index contributed by atoms with van der Waals surface area (Å²) in [5, 5.41) is 54.5. The molecule has 0 saturated carbocycles. The van der Waals surface area contributed by atoms with Crippen LogP contribution in [0, 0.1) is 0 Å². The maximum atomic E-state index is 13.0. The highest BCUT2D eigenvalue weighted by atomic mass is 16.7. The monoisotopic (exact) mass is 920 g/mol. The van der Waals surface area contributed by atoms with E-state index in [2.05, 4.69) is 43.5 Å². The van der Waals surface area contributed by atoms with Crippen molar-refractivity contribution in [1.29, 1.82) is 0 Å². The summed E-state index contributed by atoms with van der Waals surface area (Å²) in [5.41, 5.74) is 0. The van der Waals surface area contributed by atoms with Gasteiger partial charge < -0.3 is 40.3 Å². The molecule has 0 aromatic rings. The Labute approximate surface area is 400 Å². The SMILES string of the molecule is CCCCCC/C=C\C/C=C\CCCCCCCCCC(=O)NC(COC1OC(CO)C(O)C(O)C1O)C(O)/C=C/CCCCCCCCCCCCCCCCCCCCCCCC. The molecule has 0 bridgehead atoms. The molecule has 1 heterocycles. The summed E-state index contributed by atoms with van der Waals surface area (Å²) in [6, 6.07) is -0.809. The molecule has 382 valence electrons. The molecule has 7 atom stereocenters. The molecule has 7 unspecified atom stereocenters. The van der Waals surface area contributed by atoms with Crippen LogP contribution in [0.25, 0.3) is 0 Å². The molecule has 0 spiro atoms. The number of aliphatic hydroxyl groups is 5. The number of carbonyl (C=O) groups is 1. The Hall–Kier alpha value is -1.59. The number of hydrogen-bond acceptors (Lipinski definition) is 8. The number of amides is 1. The van der Waals surface area contributed by atoms with Crippen molar-refractivity contribution in [1.82, 2.24) is 5.32 Å². The van der Waals surface area contributed by atoms with Crippen LogP contribution >= 0.6 is 0 Å². The van der Waals surface area contributed by atoms with E-state index < -0.39 is 49.5 Å². The third kappa shape index (κ3) is 36.1. The Kier molecular flexibility index (Phi) is 43.6. The van der Waals surface area contributed by atoms with Gasteiger partial charge in [0.1, 0.15) is 24.4 Å². The van der Waals surface area contributed by atoms with Gasteiger partial charge in [0, 0.05) is 6.42 Å². The predicted octanol–water partition coefficient (Wildman–Crippen LogP) is 13.2. The predicted molar refractivity (Wildman–Crippen MR) is 272 cm³/mol. The second-order valence-corrected chi connectivity index (χ2v) is 19.4. The summed E-state index contributed by atoms with van der Waals surface area (Å²) < 4.78 is 11.3. The topological polar surface area (TPSA) is 149 Å². The fourth-order valence-corrected chi connectivity index (χ4v) is 8.78. The Morgan fingerprint density at radius 1 is 0.523 bits per heavy atom. The fraction of sp³-hybridized carbons (Fsp3) is 0.875. The first-order valence-corrected chi connectivity index (χ1v) is 27.7. The number of carbonyl (C=O) groups excluding carboxylic acids is 1. The molecule has 1 aliphatic heterocycles. The summed E-state index contributed by atoms with van der Waals surface area (Å²) in [7, 11) is 0. The van der Waals surface area contributed by atoms with Crippen molar-refractivity contribution in [3.05, 3.63) is 36.5 Å². The number of rotatable bonds is 47. The van der Waals surface area contributed by atoms with E-state index in [0.717, 1.165) is 57.8 Å². The summed E-state index contributed by atoms with van der Waals surface area (Å²) in [6.07, 6.45) is 52.0. The maximum Gasteiger partial charge on any atom is 0.220 e. The van der Waals surface area contributed by atoms with Crippen molar-refractivity contribution in [2.24, 2.45) is 0 Å². The molecule has 0 aliphatic carbocycles. The van der Waals surface area contributed by atoms with Gasteiger partial charge in [-0.25, -0.2) is 0 Å². The molecule has 1 fully saturated rings. The number of unbranched alkanes of at least 4 members (excludes halogenated alkanes) is 33. The first kappa shape index (κ1) is 61.4. The highest BCUT2D eigenvalue weighted by Crippen LogP contribution is 2.23. The van der Waals surface area contributed by atoms with Crippen molar-refractivity contribution in [2.75, 3.05) is 13.2 Å². The lowest BCUT2D eigenvalue weighted by Gasteiger charge is -2.40. The largest absolute Gasteiger partial charge is 0.394 e. The Morgan fingerprint density at radius 2 is 0.908 bits per heavy atom. The number of ether oxygens (including phenoxy) is 2. The van der Waals surface area contributed by atoms with Crippen molar-refractivity contribution < 1.29 is 39.8 Å². The molecule has 6 N–H and O–H groups in total. The van der Waals surface area contributed by atoms with Gasteiger partial charge in [-0.3, -0.25) is 4.79 Å². The molecular weight excluding hydrogens is 815 g/mol. The van der Waals surface area contributed by atoms with E-state index in [0.29, 0.717) is 6.42 Å². The number of aliphatic hydroxyl groups excluding tert-OH is 5. The lowest BCUT2D eigenvalue weighted by molar-refractivity contribution is -0.302. The van der Waals surface area contributed by atoms with Crippen molar-refractivity contribution in [2.45, 2.75) is 301 Å². The Bertz CT molecular complexity index is 1110. The van der Waals surface area contributed by atoms with E-state index >= 15 is 0 Å². The molecular formula is C56H105NO8. The summed E-state index contributed by atoms with van der Waals surface area (Å²) in [6.45, 7) is 3.78. The average Bonchev–Trinajstić information content (AvgIpc) is 3.31. The highest BCUT2D eigenvalue weighted by molar-refractivity contribution is 5.76. The lowest BCUT2D eigenvalue weighted by Crippen LogP contribution is -2.60. The molecule has 1 rings (SSSR count). The molecule has 0 aromatic heterocycles. The van der Waals surface area contributed by atoms with Crippen molar-refractivity contribution in [3.8, 4) is 0 Å². The van der Waals surface area contributed by atoms with Crippen LogP contribution in [0.4, 0.5) is 0 Å². The van der Waals surface area contributed by atoms with Gasteiger partial charge in [-0.15, -0.1) is 0 Å². The molecule has 65 heavy (non-hydrogen) atoms. The van der Waals surface area contributed by atoms with Gasteiger partial charge in [-0.05, 0) is 51.4 Å². The average molecular weight is 920 g/mol. The van der Waals surface area contributed by atoms with Crippen molar-refractivity contribution >= 4 is 5.91 Å². The summed E-state index contributed by atoms with van der Waals surface area (Å²) in [4.78, 5) is 13.0. The zero-order valence-corrected chi connectivity index (χ0v) is 42.3. The second kappa shape index (κ2) is 46.2. The van der Waals surface area contributed by atoms with Gasteiger partial charge in [-0.2, -0.15) is 0 Å². The van der Waals surface area contributed by atoms with Gasteiger partial charge in [0.15, 0.2) is 6.29 Å². The molecule has 9 nitrogen and oxygen atoms in total. The normalized spacial score (nSPS) is 20.1. The van der Waals surface area contributed by atoms with Gasteiger partial charge in [0.05, 0.1) is 25.4 Å². The lowest BCUT2D eigenvalue weighted by atomic mass is 9.99. The molecule has 0 radical (unpaired) electrons. The molecule has 1 saturated heterocycles. The second-order valence-electron chi connectivity index (χ2n) is 19.4. The number of nitrogens with one attached hydrogen (secondary N) is 1. The van der Waals surface area contributed by atoms with Crippen LogP contribution < -0.4 is 5.32 Å². The van der Waals surface area contributed by atoms with E-state index in [4.69, 9.17) is 9.47 Å². The van der Waals surface area contributed by atoms with E-state index in [1.165, 1.54) is 180 Å². The third-order valence-corrected chi connectivity index (χ3v) is 13.2. The molecule has 9 heteroatoms. The summed E-state index contributed by atoms with van der Waals surface area (Å²) in [5.74, 6) is -0.183. The van der Waals surface area contributed by atoms with Crippen LogP contribution in [-0.2, 0) is 14.3 Å². The van der Waals surface area contributed by atoms with Gasteiger partial charge in [0.25, 0.3) is 0 Å². The summed E-state index contributed by atoms with van der Waals surface area (Å²) >= 11 is 0. The van der Waals surface area contributed by atoms with E-state index in [1.807, 2.05) is 6.08 Å². The van der Waals surface area contributed by atoms with Crippen LogP contribution in [0.3, 0.4) is 0 Å². The van der Waals surface area contributed by atoms with Crippen LogP contribution in [0.1, 0.15) is 258 Å². The number of allylic oxidation sites excluding steroid dienone is 5. The molecule has 0 aromatic carbocycles. The highest BCUT2D eigenvalue weighted by Gasteiger charge is 2.44. The standard InChI is InChI=1S/C56H105NO8/c1-3-5-7-9-11-13-15-17-19-21-23-24-25-26-27-28-29-31-33-35-37-39-41-43-45-50(59)49(48-64-56-55(63)54(62)53(61)51(47-58)65-56)57-52(60)46-44-42-40-38-36-34-32-30-22-20-18-16-14-12-10-8-6-4-2/h14,16,20,22,43,45,49-51,53-56,58-59,61-63H,3-13,15,17-19,21,23-42,44,46-48H2,1-2H3,(H,57,60)/b16-14-,22-20-,45-43+. The Balaban J connectivity index is 2.25. The van der Waals surface area contributed by atoms with Gasteiger partial charge >= 0.3 is 0 Å². The number of hydrogen-bond donors (Lipinski definition) is 6. The van der Waals surface area contributed by atoms with E-state index in [1.54, 1.807) is 6.08 Å². The van der Waals surface area contributed by atoms with Crippen LogP contribution in [0.2, 0.25) is 0 Å². The third-order valence-electron chi connectivity index (χ3n) is 13.2. The quantitative estimate of drug-likeness (QED) is 0.0261. The minimum Gasteiger partial charge on any atom is -0.394 e. The van der Waals surface area contributed by atoms with Crippen LogP contribution in [0.5, 0.6) is 0 Å². The first-order chi connectivity index (χ1) is 31.8. The minimum absolute atomic E-state index is 0.183. The van der Waals surface area contributed by atoms with Crippen LogP contribution in [-0.4, -0.2) is 87.5 Å². The van der Waals surface area contributed by atoms with Gasteiger partial charge in [-0.1, -0.05) is 237 Å². The minimum atomic E-state index is -1.57. The zero-order chi connectivity index (χ0) is 47.3. The van der Waals surface area contributed by atoms with E-state index in [9.17, 15) is 30.3 Å². The zero-order valence-electron chi connectivity index (χ0n) is 42.3. The van der Waals surface area contributed by atoms with Gasteiger partial charge in [0.2, 0.25) is 5.91 Å². The molecule has 1 aliphatic rings.